The first-order chi connectivity index (χ1) is 13.2. The summed E-state index contributed by atoms with van der Waals surface area (Å²) in [5.41, 5.74) is 4.74. The van der Waals surface area contributed by atoms with Crippen LogP contribution in [0.4, 0.5) is 0 Å². The Balaban J connectivity index is 1.23. The maximum atomic E-state index is 11.4. The van der Waals surface area contributed by atoms with Gasteiger partial charge in [-0.05, 0) is 56.0 Å². The number of aromatic nitrogens is 2. The molecule has 4 rings (SSSR count). The Labute approximate surface area is 159 Å². The van der Waals surface area contributed by atoms with Gasteiger partial charge in [0.15, 0.2) is 0 Å². The normalized spacial score (nSPS) is 14.3. The van der Waals surface area contributed by atoms with Gasteiger partial charge in [0, 0.05) is 30.6 Å². The molecule has 0 saturated heterocycles. The monoisotopic (exact) mass is 363 g/mol. The second-order valence-corrected chi connectivity index (χ2v) is 7.26. The zero-order valence-corrected chi connectivity index (χ0v) is 15.7. The largest absolute Gasteiger partial charge is 0.478 e. The molecule has 0 unspecified atom stereocenters. The van der Waals surface area contributed by atoms with Gasteiger partial charge in [-0.2, -0.15) is 4.98 Å². The Morgan fingerprint density at radius 3 is 2.93 bits per heavy atom. The molecule has 1 aromatic carbocycles. The summed E-state index contributed by atoms with van der Waals surface area (Å²) in [5, 5.41) is 0.905. The van der Waals surface area contributed by atoms with E-state index in [1.165, 1.54) is 22.8 Å². The maximum Gasteiger partial charge on any atom is 0.249 e. The lowest BCUT2D eigenvalue weighted by molar-refractivity contribution is 0.233. The van der Waals surface area contributed by atoms with Crippen LogP contribution in [0.2, 0.25) is 0 Å². The molecule has 0 aliphatic carbocycles. The van der Waals surface area contributed by atoms with Crippen molar-refractivity contribution in [2.45, 2.75) is 32.7 Å². The van der Waals surface area contributed by atoms with Crippen LogP contribution in [0.3, 0.4) is 0 Å². The number of benzene rings is 1. The number of pyridine rings is 2. The lowest BCUT2D eigenvalue weighted by Gasteiger charge is -2.29. The standard InChI is InChI=1S/C22H25N3O2/c1-16-4-5-17-10-12-25(15-19(17)14-16)11-2-3-13-27-21-9-7-18-6-8-20(26)23-22(18)24-21/h4-9,14H,2-3,10-13,15H2,1H3,(H,23,24,26). The molecule has 3 heterocycles. The van der Waals surface area contributed by atoms with Gasteiger partial charge in [-0.25, -0.2) is 0 Å². The molecule has 5 nitrogen and oxygen atoms in total. The van der Waals surface area contributed by atoms with Crippen LogP contribution < -0.4 is 10.3 Å². The van der Waals surface area contributed by atoms with Gasteiger partial charge in [-0.15, -0.1) is 0 Å². The van der Waals surface area contributed by atoms with E-state index in [9.17, 15) is 4.79 Å². The molecule has 1 aliphatic rings. The van der Waals surface area contributed by atoms with E-state index in [0.29, 0.717) is 18.1 Å². The van der Waals surface area contributed by atoms with Crippen molar-refractivity contribution in [1.29, 1.82) is 0 Å². The molecule has 0 fully saturated rings. The third-order valence-corrected chi connectivity index (χ3v) is 5.13. The molecule has 0 atom stereocenters. The molecule has 27 heavy (non-hydrogen) atoms. The SMILES string of the molecule is Cc1ccc2c(c1)CN(CCCCOc1ccc3ccc(=O)[nH]c3n1)CC2. The van der Waals surface area contributed by atoms with Gasteiger partial charge in [0.05, 0.1) is 6.61 Å². The second kappa shape index (κ2) is 7.92. The van der Waals surface area contributed by atoms with Crippen LogP contribution in [0.1, 0.15) is 29.5 Å². The number of nitrogens with zero attached hydrogens (tertiary/aromatic N) is 2. The lowest BCUT2D eigenvalue weighted by Crippen LogP contribution is -2.31. The minimum atomic E-state index is -0.148. The van der Waals surface area contributed by atoms with Crippen molar-refractivity contribution in [2.24, 2.45) is 0 Å². The minimum Gasteiger partial charge on any atom is -0.478 e. The number of unbranched alkanes of at least 4 members (excludes halogenated alkanes) is 1. The van der Waals surface area contributed by atoms with Crippen LogP contribution >= 0.6 is 0 Å². The summed E-state index contributed by atoms with van der Waals surface area (Å²) >= 11 is 0. The highest BCUT2D eigenvalue weighted by Gasteiger charge is 2.15. The Morgan fingerprint density at radius 2 is 2.00 bits per heavy atom. The highest BCUT2D eigenvalue weighted by molar-refractivity contribution is 5.74. The number of H-pyrrole nitrogens is 1. The molecule has 0 saturated carbocycles. The summed E-state index contributed by atoms with van der Waals surface area (Å²) in [6, 6.07) is 13.8. The molecule has 0 amide bonds. The first-order valence-electron chi connectivity index (χ1n) is 9.61. The van der Waals surface area contributed by atoms with E-state index in [0.717, 1.165) is 44.3 Å². The second-order valence-electron chi connectivity index (χ2n) is 7.26. The number of aryl methyl sites for hydroxylation is 1. The first-order valence-corrected chi connectivity index (χ1v) is 9.61. The summed E-state index contributed by atoms with van der Waals surface area (Å²) in [6.45, 7) is 6.08. The van der Waals surface area contributed by atoms with Crippen LogP contribution in [0.5, 0.6) is 5.88 Å². The molecule has 0 spiro atoms. The van der Waals surface area contributed by atoms with E-state index < -0.39 is 0 Å². The van der Waals surface area contributed by atoms with Gasteiger partial charge in [-0.1, -0.05) is 23.8 Å². The third kappa shape index (κ3) is 4.37. The quantitative estimate of drug-likeness (QED) is 0.682. The maximum absolute atomic E-state index is 11.4. The summed E-state index contributed by atoms with van der Waals surface area (Å²) in [6.07, 6.45) is 3.24. The smallest absolute Gasteiger partial charge is 0.249 e. The van der Waals surface area contributed by atoms with Crippen LogP contribution in [0.15, 0.2) is 47.3 Å². The number of hydrogen-bond donors (Lipinski definition) is 1. The molecule has 5 heteroatoms. The summed E-state index contributed by atoms with van der Waals surface area (Å²) < 4.78 is 5.76. The van der Waals surface area contributed by atoms with Crippen molar-refractivity contribution in [3.8, 4) is 5.88 Å². The van der Waals surface area contributed by atoms with Gasteiger partial charge in [0.2, 0.25) is 11.4 Å². The molecule has 3 aromatic rings. The predicted octanol–water partition coefficient (Wildman–Crippen LogP) is 3.45. The van der Waals surface area contributed by atoms with Crippen molar-refractivity contribution < 1.29 is 4.74 Å². The van der Waals surface area contributed by atoms with Crippen LogP contribution in [0.25, 0.3) is 11.0 Å². The number of fused-ring (bicyclic) bond motifs is 2. The molecule has 0 radical (unpaired) electrons. The van der Waals surface area contributed by atoms with Gasteiger partial charge in [-0.3, -0.25) is 9.69 Å². The topological polar surface area (TPSA) is 58.2 Å². The van der Waals surface area contributed by atoms with E-state index in [2.05, 4.69) is 40.0 Å². The van der Waals surface area contributed by atoms with E-state index in [1.807, 2.05) is 12.1 Å². The number of aromatic amines is 1. The van der Waals surface area contributed by atoms with E-state index in [4.69, 9.17) is 4.74 Å². The van der Waals surface area contributed by atoms with Gasteiger partial charge >= 0.3 is 0 Å². The molecule has 1 aliphatic heterocycles. The van der Waals surface area contributed by atoms with E-state index >= 15 is 0 Å². The molecule has 1 N–H and O–H groups in total. The third-order valence-electron chi connectivity index (χ3n) is 5.13. The average Bonchev–Trinajstić information content (AvgIpc) is 2.67. The zero-order chi connectivity index (χ0) is 18.6. The van der Waals surface area contributed by atoms with Crippen molar-refractivity contribution in [1.82, 2.24) is 14.9 Å². The first kappa shape index (κ1) is 17.7. The van der Waals surface area contributed by atoms with Gasteiger partial charge in [0.25, 0.3) is 0 Å². The van der Waals surface area contributed by atoms with Crippen LogP contribution in [-0.4, -0.2) is 34.6 Å². The van der Waals surface area contributed by atoms with Gasteiger partial charge < -0.3 is 9.72 Å². The molecular weight excluding hydrogens is 338 g/mol. The van der Waals surface area contributed by atoms with Crippen LogP contribution in [0, 0.1) is 6.92 Å². The Morgan fingerprint density at radius 1 is 1.11 bits per heavy atom. The average molecular weight is 363 g/mol. The van der Waals surface area contributed by atoms with Crippen molar-refractivity contribution in [2.75, 3.05) is 19.7 Å². The Bertz CT molecular complexity index is 996. The van der Waals surface area contributed by atoms with Crippen molar-refractivity contribution in [3.05, 3.63) is 69.5 Å². The zero-order valence-electron chi connectivity index (χ0n) is 15.7. The van der Waals surface area contributed by atoms with E-state index in [-0.39, 0.29) is 5.56 Å². The predicted molar refractivity (Wildman–Crippen MR) is 107 cm³/mol. The minimum absolute atomic E-state index is 0.148. The fourth-order valence-electron chi connectivity index (χ4n) is 3.64. The Hall–Kier alpha value is -2.66. The number of hydrogen-bond acceptors (Lipinski definition) is 4. The molecule has 140 valence electrons. The van der Waals surface area contributed by atoms with Crippen molar-refractivity contribution >= 4 is 11.0 Å². The molecule has 2 aromatic heterocycles. The number of rotatable bonds is 6. The molecular formula is C22H25N3O2. The number of ether oxygens (including phenoxy) is 1. The highest BCUT2D eigenvalue weighted by Crippen LogP contribution is 2.20. The summed E-state index contributed by atoms with van der Waals surface area (Å²) in [5.74, 6) is 0.562. The summed E-state index contributed by atoms with van der Waals surface area (Å²) in [4.78, 5) is 21.0. The highest BCUT2D eigenvalue weighted by atomic mass is 16.5. The fraction of sp³-hybridized carbons (Fsp3) is 0.364. The summed E-state index contributed by atoms with van der Waals surface area (Å²) in [7, 11) is 0. The fourth-order valence-corrected chi connectivity index (χ4v) is 3.64. The molecule has 0 bridgehead atoms. The van der Waals surface area contributed by atoms with E-state index in [1.54, 1.807) is 6.07 Å². The number of nitrogens with one attached hydrogen (secondary N) is 1. The Kier molecular flexibility index (Phi) is 5.21. The lowest BCUT2D eigenvalue weighted by atomic mass is 9.97. The van der Waals surface area contributed by atoms with Gasteiger partial charge in [0.1, 0.15) is 5.65 Å². The van der Waals surface area contributed by atoms with Crippen LogP contribution in [-0.2, 0) is 13.0 Å². The van der Waals surface area contributed by atoms with Crippen molar-refractivity contribution in [3.63, 3.8) is 0 Å².